The summed E-state index contributed by atoms with van der Waals surface area (Å²) < 4.78 is 7.44. The molecule has 0 spiro atoms. The number of carbonyl (C=O) groups excluding carboxylic acids is 1. The first-order valence-corrected chi connectivity index (χ1v) is 10.4. The average Bonchev–Trinajstić information content (AvgIpc) is 2.97. The summed E-state index contributed by atoms with van der Waals surface area (Å²) in [5.74, 6) is 1.51. The third-order valence-electron chi connectivity index (χ3n) is 4.25. The minimum absolute atomic E-state index is 0.192. The lowest BCUT2D eigenvalue weighted by Crippen LogP contribution is -2.08. The monoisotopic (exact) mass is 374 g/mol. The van der Waals surface area contributed by atoms with Gasteiger partial charge in [0.25, 0.3) is 0 Å². The number of hydrogen-bond donors (Lipinski definition) is 0. The fourth-order valence-corrected chi connectivity index (χ4v) is 3.81. The number of nitrogens with zero attached hydrogens (tertiary/aromatic N) is 2. The number of esters is 1. The number of rotatable bonds is 9. The molecule has 1 aromatic heterocycles. The Morgan fingerprint density at radius 1 is 1.27 bits per heavy atom. The van der Waals surface area contributed by atoms with Crippen molar-refractivity contribution in [2.45, 2.75) is 64.9 Å². The second-order valence-electron chi connectivity index (χ2n) is 6.69. The van der Waals surface area contributed by atoms with E-state index in [1.54, 1.807) is 0 Å². The van der Waals surface area contributed by atoms with E-state index >= 15 is 0 Å². The summed E-state index contributed by atoms with van der Waals surface area (Å²) in [6, 6.07) is 8.39. The van der Waals surface area contributed by atoms with Gasteiger partial charge in [-0.15, -0.1) is 0 Å². The van der Waals surface area contributed by atoms with Crippen molar-refractivity contribution in [3.05, 3.63) is 35.7 Å². The van der Waals surface area contributed by atoms with E-state index in [1.807, 2.05) is 6.92 Å². The molecule has 2 aromatic rings. The summed E-state index contributed by atoms with van der Waals surface area (Å²) in [5.41, 5.74) is 3.54. The predicted octanol–water partition coefficient (Wildman–Crippen LogP) is 5.44. The molecule has 0 unspecified atom stereocenters. The highest BCUT2D eigenvalue weighted by Gasteiger charge is 2.22. The van der Waals surface area contributed by atoms with Crippen LogP contribution in [0.3, 0.4) is 0 Å². The first-order valence-electron chi connectivity index (χ1n) is 9.44. The SMILES string of the molecule is CCCCn1c(C(C)C)nc(SCC(=O)OCC)c1-c1ccccc1C. The number of ether oxygens (including phenoxy) is 1. The van der Waals surface area contributed by atoms with E-state index < -0.39 is 0 Å². The van der Waals surface area contributed by atoms with Crippen LogP contribution in [0, 0.1) is 6.92 Å². The van der Waals surface area contributed by atoms with Crippen molar-refractivity contribution in [3.63, 3.8) is 0 Å². The van der Waals surface area contributed by atoms with Crippen molar-refractivity contribution in [1.29, 1.82) is 0 Å². The lowest BCUT2D eigenvalue weighted by Gasteiger charge is -2.15. The van der Waals surface area contributed by atoms with E-state index in [1.165, 1.54) is 22.9 Å². The van der Waals surface area contributed by atoms with E-state index in [0.717, 1.165) is 35.9 Å². The maximum Gasteiger partial charge on any atom is 0.316 e. The molecule has 142 valence electrons. The Morgan fingerprint density at radius 3 is 2.62 bits per heavy atom. The van der Waals surface area contributed by atoms with E-state index in [-0.39, 0.29) is 11.7 Å². The maximum atomic E-state index is 11.9. The smallest absolute Gasteiger partial charge is 0.316 e. The van der Waals surface area contributed by atoms with Crippen LogP contribution in [0.25, 0.3) is 11.3 Å². The van der Waals surface area contributed by atoms with Gasteiger partial charge >= 0.3 is 5.97 Å². The predicted molar refractivity (Wildman–Crippen MR) is 109 cm³/mol. The Balaban J connectivity index is 2.51. The Hall–Kier alpha value is -1.75. The highest BCUT2D eigenvalue weighted by atomic mass is 32.2. The molecule has 0 aliphatic carbocycles. The van der Waals surface area contributed by atoms with Gasteiger partial charge < -0.3 is 9.30 Å². The van der Waals surface area contributed by atoms with Gasteiger partial charge in [0.05, 0.1) is 18.1 Å². The second-order valence-corrected chi connectivity index (χ2v) is 7.66. The molecule has 2 rings (SSSR count). The van der Waals surface area contributed by atoms with Crippen LogP contribution in [0.2, 0.25) is 0 Å². The number of imidazole rings is 1. The van der Waals surface area contributed by atoms with Crippen LogP contribution in [0.4, 0.5) is 0 Å². The second kappa shape index (κ2) is 9.81. The van der Waals surface area contributed by atoms with Gasteiger partial charge in [-0.2, -0.15) is 0 Å². The van der Waals surface area contributed by atoms with Gasteiger partial charge in [0, 0.05) is 18.0 Å². The zero-order valence-electron chi connectivity index (χ0n) is 16.5. The average molecular weight is 375 g/mol. The Bertz CT molecular complexity index is 738. The zero-order chi connectivity index (χ0) is 19.1. The molecule has 0 radical (unpaired) electrons. The van der Waals surface area contributed by atoms with Crippen molar-refractivity contribution < 1.29 is 9.53 Å². The molecule has 0 amide bonds. The zero-order valence-corrected chi connectivity index (χ0v) is 17.4. The Labute approximate surface area is 161 Å². The van der Waals surface area contributed by atoms with Crippen molar-refractivity contribution >= 4 is 17.7 Å². The highest BCUT2D eigenvalue weighted by Crippen LogP contribution is 2.36. The lowest BCUT2D eigenvalue weighted by molar-refractivity contribution is -0.139. The molecular weight excluding hydrogens is 344 g/mol. The van der Waals surface area contributed by atoms with Crippen molar-refractivity contribution in [3.8, 4) is 11.3 Å². The minimum Gasteiger partial charge on any atom is -0.465 e. The van der Waals surface area contributed by atoms with Crippen molar-refractivity contribution in [2.24, 2.45) is 0 Å². The molecule has 0 aliphatic heterocycles. The number of aryl methyl sites for hydroxylation is 1. The first-order chi connectivity index (χ1) is 12.5. The largest absolute Gasteiger partial charge is 0.465 e. The molecule has 0 bridgehead atoms. The van der Waals surface area contributed by atoms with Crippen molar-refractivity contribution in [1.82, 2.24) is 9.55 Å². The highest BCUT2D eigenvalue weighted by molar-refractivity contribution is 8.00. The van der Waals surface area contributed by atoms with Crippen LogP contribution in [0.1, 0.15) is 57.8 Å². The topological polar surface area (TPSA) is 44.1 Å². The van der Waals surface area contributed by atoms with E-state index in [4.69, 9.17) is 9.72 Å². The summed E-state index contributed by atoms with van der Waals surface area (Å²) in [6.45, 7) is 11.9. The fourth-order valence-electron chi connectivity index (χ4n) is 2.96. The molecule has 1 heterocycles. The maximum absolute atomic E-state index is 11.9. The lowest BCUT2D eigenvalue weighted by atomic mass is 10.1. The summed E-state index contributed by atoms with van der Waals surface area (Å²) >= 11 is 1.48. The summed E-state index contributed by atoms with van der Waals surface area (Å²) in [4.78, 5) is 16.8. The summed E-state index contributed by atoms with van der Waals surface area (Å²) in [6.07, 6.45) is 2.24. The van der Waals surface area contributed by atoms with E-state index in [2.05, 4.69) is 56.5 Å². The summed E-state index contributed by atoms with van der Waals surface area (Å²) in [5, 5.41) is 0.923. The van der Waals surface area contributed by atoms with Gasteiger partial charge in [-0.1, -0.05) is 63.2 Å². The normalized spacial score (nSPS) is 11.2. The molecule has 0 atom stereocenters. The number of unbranched alkanes of at least 4 members (excludes halogenated alkanes) is 1. The van der Waals surface area contributed by atoms with E-state index in [0.29, 0.717) is 12.5 Å². The molecule has 4 nitrogen and oxygen atoms in total. The van der Waals surface area contributed by atoms with E-state index in [9.17, 15) is 4.79 Å². The Morgan fingerprint density at radius 2 is 2.00 bits per heavy atom. The standard InChI is InChI=1S/C21H30N2O2S/c1-6-8-13-23-19(17-12-10-9-11-16(17)5)21(22-20(23)15(3)4)26-14-18(24)25-7-2/h9-12,15H,6-8,13-14H2,1-5H3. The van der Waals surface area contributed by atoms with Gasteiger partial charge in [0.2, 0.25) is 0 Å². The van der Waals surface area contributed by atoms with Gasteiger partial charge in [-0.25, -0.2) is 4.98 Å². The van der Waals surface area contributed by atoms with Gasteiger partial charge in [-0.05, 0) is 25.8 Å². The molecule has 5 heteroatoms. The van der Waals surface area contributed by atoms with Crippen LogP contribution in [0.15, 0.2) is 29.3 Å². The number of aromatic nitrogens is 2. The molecule has 0 fully saturated rings. The molecule has 0 N–H and O–H groups in total. The number of thioether (sulfide) groups is 1. The number of hydrogen-bond acceptors (Lipinski definition) is 4. The van der Waals surface area contributed by atoms with Crippen LogP contribution < -0.4 is 0 Å². The molecule has 0 aliphatic rings. The van der Waals surface area contributed by atoms with Gasteiger partial charge in [0.1, 0.15) is 10.9 Å². The first kappa shape index (κ1) is 20.6. The summed E-state index contributed by atoms with van der Waals surface area (Å²) in [7, 11) is 0. The quantitative estimate of drug-likeness (QED) is 0.433. The fraction of sp³-hybridized carbons (Fsp3) is 0.524. The Kier molecular flexibility index (Phi) is 7.76. The minimum atomic E-state index is -0.192. The molecule has 1 aromatic carbocycles. The molecule has 0 saturated heterocycles. The third kappa shape index (κ3) is 4.91. The van der Waals surface area contributed by atoms with Crippen LogP contribution >= 0.6 is 11.8 Å². The van der Waals surface area contributed by atoms with Crippen LogP contribution in [-0.2, 0) is 16.1 Å². The van der Waals surface area contributed by atoms with Gasteiger partial charge in [0.15, 0.2) is 0 Å². The van der Waals surface area contributed by atoms with Crippen LogP contribution in [0.5, 0.6) is 0 Å². The number of carbonyl (C=O) groups is 1. The number of benzene rings is 1. The van der Waals surface area contributed by atoms with Crippen molar-refractivity contribution in [2.75, 3.05) is 12.4 Å². The third-order valence-corrected chi connectivity index (χ3v) is 5.19. The molecule has 0 saturated carbocycles. The molecule has 26 heavy (non-hydrogen) atoms. The molecular formula is C21H30N2O2S. The van der Waals surface area contributed by atoms with Gasteiger partial charge in [-0.3, -0.25) is 4.79 Å². The van der Waals surface area contributed by atoms with Crippen LogP contribution in [-0.4, -0.2) is 27.9 Å².